The van der Waals surface area contributed by atoms with Gasteiger partial charge in [-0.3, -0.25) is 9.36 Å². The molecule has 1 saturated heterocycles. The van der Waals surface area contributed by atoms with Crippen molar-refractivity contribution in [2.75, 3.05) is 6.61 Å². The normalized spacial score (nSPS) is 23.4. The summed E-state index contributed by atoms with van der Waals surface area (Å²) in [5.41, 5.74) is 4.45. The second-order valence-corrected chi connectivity index (χ2v) is 8.51. The fraction of sp³-hybridized carbons (Fsp3) is 0.185. The van der Waals surface area contributed by atoms with Crippen molar-refractivity contribution >= 4 is 10.9 Å². The van der Waals surface area contributed by atoms with Crippen LogP contribution >= 0.6 is 0 Å². The standard InChI is InChI=1S/C27H22N2O3/c1-4-26(19-14-13-17(2)18(3)15-19)16-31-27(32-26)21-10-6-8-12-23(21)29-24(30)20-9-5-7-11-22(20)28-25(27)29/h4-15H,1,16H2,2-3H3. The van der Waals surface area contributed by atoms with E-state index in [2.05, 4.69) is 32.6 Å². The third kappa shape index (κ3) is 2.35. The van der Waals surface area contributed by atoms with Crippen LogP contribution in [-0.2, 0) is 20.9 Å². The smallest absolute Gasteiger partial charge is 0.266 e. The van der Waals surface area contributed by atoms with Crippen molar-refractivity contribution in [2.45, 2.75) is 25.2 Å². The highest BCUT2D eigenvalue weighted by Crippen LogP contribution is 2.53. The van der Waals surface area contributed by atoms with Gasteiger partial charge < -0.3 is 9.47 Å². The molecule has 3 aromatic carbocycles. The van der Waals surface area contributed by atoms with E-state index in [1.165, 1.54) is 11.1 Å². The maximum Gasteiger partial charge on any atom is 0.266 e. The fourth-order valence-corrected chi connectivity index (χ4v) is 4.78. The monoisotopic (exact) mass is 422 g/mol. The van der Waals surface area contributed by atoms with E-state index in [-0.39, 0.29) is 12.2 Å². The molecule has 0 N–H and O–H groups in total. The van der Waals surface area contributed by atoms with Gasteiger partial charge in [0.1, 0.15) is 5.60 Å². The molecule has 3 heterocycles. The second kappa shape index (κ2) is 6.48. The number of aromatic nitrogens is 2. The molecule has 2 atom stereocenters. The molecule has 5 heteroatoms. The molecule has 4 aromatic rings. The molecular weight excluding hydrogens is 400 g/mol. The second-order valence-electron chi connectivity index (χ2n) is 8.51. The number of rotatable bonds is 2. The lowest BCUT2D eigenvalue weighted by atomic mass is 9.92. The molecule has 6 rings (SSSR count). The first kappa shape index (κ1) is 19.2. The molecule has 2 unspecified atom stereocenters. The van der Waals surface area contributed by atoms with Gasteiger partial charge in [0, 0.05) is 5.56 Å². The molecule has 2 aliphatic rings. The Morgan fingerprint density at radius 2 is 1.81 bits per heavy atom. The number of benzene rings is 3. The molecule has 5 nitrogen and oxygen atoms in total. The van der Waals surface area contributed by atoms with Gasteiger partial charge in [0.25, 0.3) is 11.3 Å². The SMILES string of the molecule is C=CC1(c2ccc(C)c(C)c2)COC2(O1)c1ccccc1-n1c2nc2ccccc2c1=O. The van der Waals surface area contributed by atoms with Gasteiger partial charge in [-0.15, -0.1) is 0 Å². The summed E-state index contributed by atoms with van der Waals surface area (Å²) in [4.78, 5) is 18.4. The zero-order chi connectivity index (χ0) is 22.1. The number of para-hydroxylation sites is 2. The van der Waals surface area contributed by atoms with Crippen molar-refractivity contribution in [3.8, 4) is 5.69 Å². The van der Waals surface area contributed by atoms with Gasteiger partial charge in [-0.1, -0.05) is 61.2 Å². The van der Waals surface area contributed by atoms with Crippen molar-refractivity contribution in [1.82, 2.24) is 9.55 Å². The molecule has 0 aliphatic carbocycles. The van der Waals surface area contributed by atoms with Crippen LogP contribution in [0.15, 0.2) is 84.2 Å². The van der Waals surface area contributed by atoms with E-state index in [0.29, 0.717) is 16.7 Å². The molecule has 2 aliphatic heterocycles. The summed E-state index contributed by atoms with van der Waals surface area (Å²) in [5.74, 6) is -0.859. The minimum Gasteiger partial charge on any atom is -0.336 e. The van der Waals surface area contributed by atoms with Crippen molar-refractivity contribution in [3.05, 3.63) is 118 Å². The maximum atomic E-state index is 13.5. The minimum absolute atomic E-state index is 0.135. The van der Waals surface area contributed by atoms with Gasteiger partial charge in [0.05, 0.1) is 23.2 Å². The quantitative estimate of drug-likeness (QED) is 0.442. The maximum absolute atomic E-state index is 13.5. The van der Waals surface area contributed by atoms with E-state index in [1.54, 1.807) is 16.7 Å². The van der Waals surface area contributed by atoms with Crippen LogP contribution in [0.4, 0.5) is 0 Å². The van der Waals surface area contributed by atoms with Gasteiger partial charge in [-0.05, 0) is 48.7 Å². The lowest BCUT2D eigenvalue weighted by molar-refractivity contribution is -0.159. The first-order valence-corrected chi connectivity index (χ1v) is 10.7. The summed E-state index contributed by atoms with van der Waals surface area (Å²) >= 11 is 0. The number of ether oxygens (including phenoxy) is 2. The number of nitrogens with zero attached hydrogens (tertiary/aromatic N) is 2. The first-order chi connectivity index (χ1) is 15.5. The Kier molecular flexibility index (Phi) is 3.88. The van der Waals surface area contributed by atoms with Crippen LogP contribution in [0.3, 0.4) is 0 Å². The molecule has 0 amide bonds. The van der Waals surface area contributed by atoms with Crippen LogP contribution < -0.4 is 5.56 Å². The summed E-state index contributed by atoms with van der Waals surface area (Å²) in [7, 11) is 0. The Hall–Kier alpha value is -3.54. The molecule has 1 fully saturated rings. The van der Waals surface area contributed by atoms with Crippen molar-refractivity contribution in [1.29, 1.82) is 0 Å². The zero-order valence-electron chi connectivity index (χ0n) is 18.0. The highest BCUT2D eigenvalue weighted by Gasteiger charge is 2.58. The van der Waals surface area contributed by atoms with Crippen LogP contribution in [0.25, 0.3) is 16.6 Å². The van der Waals surface area contributed by atoms with Crippen molar-refractivity contribution in [3.63, 3.8) is 0 Å². The number of aryl methyl sites for hydroxylation is 2. The third-order valence-electron chi connectivity index (χ3n) is 6.71. The average Bonchev–Trinajstić information content (AvgIpc) is 3.34. The van der Waals surface area contributed by atoms with Gasteiger partial charge in [-0.25, -0.2) is 4.98 Å². The number of hydrogen-bond donors (Lipinski definition) is 0. The Balaban J connectivity index is 1.62. The van der Waals surface area contributed by atoms with Crippen LogP contribution in [-0.4, -0.2) is 16.2 Å². The summed E-state index contributed by atoms with van der Waals surface area (Å²) in [6.45, 7) is 8.50. The molecule has 158 valence electrons. The van der Waals surface area contributed by atoms with Gasteiger partial charge in [0.2, 0.25) is 0 Å². The van der Waals surface area contributed by atoms with Crippen LogP contribution in [0.5, 0.6) is 0 Å². The molecular formula is C27H22N2O3. The lowest BCUT2D eigenvalue weighted by Crippen LogP contribution is -2.34. The van der Waals surface area contributed by atoms with E-state index < -0.39 is 11.4 Å². The molecule has 0 saturated carbocycles. The van der Waals surface area contributed by atoms with E-state index in [0.717, 1.165) is 16.8 Å². The topological polar surface area (TPSA) is 53.4 Å². The Labute approximate surface area is 185 Å². The third-order valence-corrected chi connectivity index (χ3v) is 6.71. The molecule has 32 heavy (non-hydrogen) atoms. The van der Waals surface area contributed by atoms with E-state index in [4.69, 9.17) is 14.5 Å². The first-order valence-electron chi connectivity index (χ1n) is 10.7. The highest BCUT2D eigenvalue weighted by molar-refractivity contribution is 5.78. The largest absolute Gasteiger partial charge is 0.336 e. The van der Waals surface area contributed by atoms with Crippen LogP contribution in [0.1, 0.15) is 28.1 Å². The summed E-state index contributed by atoms with van der Waals surface area (Å²) in [5, 5.41) is 0.560. The van der Waals surface area contributed by atoms with E-state index in [1.807, 2.05) is 48.5 Å². The molecule has 1 aromatic heterocycles. The lowest BCUT2D eigenvalue weighted by Gasteiger charge is -2.29. The van der Waals surface area contributed by atoms with Crippen molar-refractivity contribution < 1.29 is 9.47 Å². The van der Waals surface area contributed by atoms with E-state index in [9.17, 15) is 4.79 Å². The van der Waals surface area contributed by atoms with Crippen molar-refractivity contribution in [2.24, 2.45) is 0 Å². The van der Waals surface area contributed by atoms with Gasteiger partial charge in [0.15, 0.2) is 5.82 Å². The Bertz CT molecular complexity index is 1490. The predicted octanol–water partition coefficient (Wildman–Crippen LogP) is 4.65. The summed E-state index contributed by atoms with van der Waals surface area (Å²) in [6.07, 6.45) is 1.79. The fourth-order valence-electron chi connectivity index (χ4n) is 4.78. The molecule has 1 spiro atoms. The van der Waals surface area contributed by atoms with Crippen LogP contribution in [0.2, 0.25) is 0 Å². The van der Waals surface area contributed by atoms with Gasteiger partial charge >= 0.3 is 0 Å². The van der Waals surface area contributed by atoms with E-state index >= 15 is 0 Å². The minimum atomic E-state index is -1.30. The average molecular weight is 422 g/mol. The molecule has 0 bridgehead atoms. The zero-order valence-corrected chi connectivity index (χ0v) is 18.0. The highest BCUT2D eigenvalue weighted by atomic mass is 16.8. The summed E-state index contributed by atoms with van der Waals surface area (Å²) in [6, 6.07) is 21.3. The van der Waals surface area contributed by atoms with Gasteiger partial charge in [-0.2, -0.15) is 0 Å². The number of hydrogen-bond acceptors (Lipinski definition) is 4. The Morgan fingerprint density at radius 1 is 1.03 bits per heavy atom. The Morgan fingerprint density at radius 3 is 2.62 bits per heavy atom. The van der Waals surface area contributed by atoms with Crippen LogP contribution in [0, 0.1) is 13.8 Å². The number of fused-ring (bicyclic) bond motifs is 6. The predicted molar refractivity (Wildman–Crippen MR) is 123 cm³/mol. The summed E-state index contributed by atoms with van der Waals surface area (Å²) < 4.78 is 14.9. The molecule has 0 radical (unpaired) electrons.